The van der Waals surface area contributed by atoms with Gasteiger partial charge in [-0.25, -0.2) is 9.18 Å². The lowest BCUT2D eigenvalue weighted by molar-refractivity contribution is -0.142. The Morgan fingerprint density at radius 1 is 1.35 bits per heavy atom. The van der Waals surface area contributed by atoms with E-state index in [-0.39, 0.29) is 11.7 Å². The van der Waals surface area contributed by atoms with E-state index in [9.17, 15) is 14.0 Å². The molecule has 0 saturated heterocycles. The first-order valence-corrected chi connectivity index (χ1v) is 6.29. The van der Waals surface area contributed by atoms with Crippen LogP contribution in [0.2, 0.25) is 0 Å². The molecule has 20 heavy (non-hydrogen) atoms. The van der Waals surface area contributed by atoms with Crippen LogP contribution in [0.3, 0.4) is 0 Å². The Kier molecular flexibility index (Phi) is 5.96. The molecule has 6 heteroatoms. The molecule has 110 valence electrons. The Balaban J connectivity index is 2.50. The summed E-state index contributed by atoms with van der Waals surface area (Å²) in [4.78, 5) is 22.6. The summed E-state index contributed by atoms with van der Waals surface area (Å²) < 4.78 is 18.3. The third-order valence-electron chi connectivity index (χ3n) is 2.54. The maximum atomic E-state index is 13.3. The molecule has 0 heterocycles. The molecule has 1 amide bonds. The molecule has 0 spiro atoms. The van der Waals surface area contributed by atoms with E-state index in [1.807, 2.05) is 13.8 Å². The molecule has 0 fully saturated rings. The van der Waals surface area contributed by atoms with Crippen LogP contribution in [-0.4, -0.2) is 29.6 Å². The van der Waals surface area contributed by atoms with Crippen molar-refractivity contribution in [3.05, 3.63) is 30.1 Å². The van der Waals surface area contributed by atoms with Gasteiger partial charge >= 0.3 is 5.97 Å². The molecular formula is C14H18FNO4. The number of benzene rings is 1. The highest BCUT2D eigenvalue weighted by atomic mass is 19.1. The maximum Gasteiger partial charge on any atom is 0.326 e. The summed E-state index contributed by atoms with van der Waals surface area (Å²) in [5, 5.41) is 11.3. The molecule has 0 aliphatic heterocycles. The van der Waals surface area contributed by atoms with Crippen molar-refractivity contribution < 1.29 is 23.8 Å². The van der Waals surface area contributed by atoms with Crippen molar-refractivity contribution in [2.24, 2.45) is 5.92 Å². The molecule has 2 N–H and O–H groups in total. The van der Waals surface area contributed by atoms with E-state index in [0.29, 0.717) is 6.42 Å². The first kappa shape index (κ1) is 15.9. The standard InChI is InChI=1S/C14H18FNO4/c1-9(2)7-11(14(18)19)16-13(17)8-20-12-6-4-3-5-10(12)15/h3-6,9,11H,7-8H2,1-2H3,(H,16,17)(H,18,19). The van der Waals surface area contributed by atoms with Crippen LogP contribution in [0.15, 0.2) is 24.3 Å². The zero-order chi connectivity index (χ0) is 15.1. The van der Waals surface area contributed by atoms with Crippen LogP contribution < -0.4 is 10.1 Å². The lowest BCUT2D eigenvalue weighted by Gasteiger charge is -2.16. The predicted octanol–water partition coefficient (Wildman–Crippen LogP) is 1.82. The molecule has 1 atom stereocenters. The van der Waals surface area contributed by atoms with Gasteiger partial charge in [0.15, 0.2) is 18.2 Å². The monoisotopic (exact) mass is 283 g/mol. The molecule has 0 bridgehead atoms. The summed E-state index contributed by atoms with van der Waals surface area (Å²) in [5.74, 6) is -2.18. The van der Waals surface area contributed by atoms with Gasteiger partial charge in [-0.1, -0.05) is 26.0 Å². The van der Waals surface area contributed by atoms with Crippen molar-refractivity contribution in [2.45, 2.75) is 26.3 Å². The molecule has 0 aliphatic carbocycles. The summed E-state index contributed by atoms with van der Waals surface area (Å²) in [6.45, 7) is 3.29. The number of carbonyl (C=O) groups excluding carboxylic acids is 1. The summed E-state index contributed by atoms with van der Waals surface area (Å²) >= 11 is 0. The summed E-state index contributed by atoms with van der Waals surface area (Å²) in [5.41, 5.74) is 0. The number of halogens is 1. The third kappa shape index (κ3) is 5.26. The SMILES string of the molecule is CC(C)CC(NC(=O)COc1ccccc1F)C(=O)O. The number of amides is 1. The zero-order valence-corrected chi connectivity index (χ0v) is 11.4. The van der Waals surface area contributed by atoms with Crippen molar-refractivity contribution in [1.29, 1.82) is 0 Å². The van der Waals surface area contributed by atoms with Crippen molar-refractivity contribution in [2.75, 3.05) is 6.61 Å². The van der Waals surface area contributed by atoms with Gasteiger partial charge in [0.25, 0.3) is 5.91 Å². The van der Waals surface area contributed by atoms with Gasteiger partial charge in [-0.3, -0.25) is 4.79 Å². The van der Waals surface area contributed by atoms with E-state index in [1.54, 1.807) is 6.07 Å². The largest absolute Gasteiger partial charge is 0.481 e. The highest BCUT2D eigenvalue weighted by Crippen LogP contribution is 2.15. The fourth-order valence-electron chi connectivity index (χ4n) is 1.63. The van der Waals surface area contributed by atoms with E-state index < -0.39 is 30.3 Å². The van der Waals surface area contributed by atoms with Crippen molar-refractivity contribution in [1.82, 2.24) is 5.32 Å². The Morgan fingerprint density at radius 2 is 2.00 bits per heavy atom. The van der Waals surface area contributed by atoms with Crippen LogP contribution in [0.25, 0.3) is 0 Å². The minimum atomic E-state index is -1.10. The topological polar surface area (TPSA) is 75.6 Å². The number of aliphatic carboxylic acids is 1. The second-order valence-electron chi connectivity index (χ2n) is 4.81. The Hall–Kier alpha value is -2.11. The lowest BCUT2D eigenvalue weighted by Crippen LogP contribution is -2.43. The molecular weight excluding hydrogens is 265 g/mol. The number of hydrogen-bond acceptors (Lipinski definition) is 3. The third-order valence-corrected chi connectivity index (χ3v) is 2.54. The second kappa shape index (κ2) is 7.47. The van der Waals surface area contributed by atoms with Crippen LogP contribution >= 0.6 is 0 Å². The van der Waals surface area contributed by atoms with Crippen LogP contribution in [0, 0.1) is 11.7 Å². The normalized spacial score (nSPS) is 12.0. The molecule has 1 aromatic rings. The molecule has 1 aromatic carbocycles. The Bertz CT molecular complexity index is 476. The van der Waals surface area contributed by atoms with E-state index >= 15 is 0 Å². The molecule has 1 rings (SSSR count). The summed E-state index contributed by atoms with van der Waals surface area (Å²) in [7, 11) is 0. The molecule has 5 nitrogen and oxygen atoms in total. The summed E-state index contributed by atoms with van der Waals surface area (Å²) in [6, 6.07) is 4.73. The molecule has 0 aromatic heterocycles. The average Bonchev–Trinajstić information content (AvgIpc) is 2.36. The van der Waals surface area contributed by atoms with Gasteiger partial charge in [-0.05, 0) is 24.5 Å². The van der Waals surface area contributed by atoms with Gasteiger partial charge in [0, 0.05) is 0 Å². The smallest absolute Gasteiger partial charge is 0.326 e. The quantitative estimate of drug-likeness (QED) is 0.800. The number of hydrogen-bond donors (Lipinski definition) is 2. The first-order valence-electron chi connectivity index (χ1n) is 6.29. The number of rotatable bonds is 7. The Morgan fingerprint density at radius 3 is 2.55 bits per heavy atom. The van der Waals surface area contributed by atoms with E-state index in [1.165, 1.54) is 18.2 Å². The van der Waals surface area contributed by atoms with Crippen molar-refractivity contribution in [3.63, 3.8) is 0 Å². The number of ether oxygens (including phenoxy) is 1. The summed E-state index contributed by atoms with van der Waals surface area (Å²) in [6.07, 6.45) is 0.320. The fourth-order valence-corrected chi connectivity index (χ4v) is 1.63. The molecule has 1 unspecified atom stereocenters. The van der Waals surface area contributed by atoms with Gasteiger partial charge in [-0.2, -0.15) is 0 Å². The van der Waals surface area contributed by atoms with Crippen LogP contribution in [0.4, 0.5) is 4.39 Å². The highest BCUT2D eigenvalue weighted by molar-refractivity contribution is 5.84. The lowest BCUT2D eigenvalue weighted by atomic mass is 10.0. The van der Waals surface area contributed by atoms with Gasteiger partial charge in [0.1, 0.15) is 6.04 Å². The number of para-hydroxylation sites is 1. The molecule has 0 aliphatic rings. The van der Waals surface area contributed by atoms with Crippen molar-refractivity contribution >= 4 is 11.9 Å². The van der Waals surface area contributed by atoms with Gasteiger partial charge in [0.2, 0.25) is 0 Å². The second-order valence-corrected chi connectivity index (χ2v) is 4.81. The predicted molar refractivity (Wildman–Crippen MR) is 70.9 cm³/mol. The molecule has 0 saturated carbocycles. The van der Waals surface area contributed by atoms with Crippen LogP contribution in [-0.2, 0) is 9.59 Å². The fraction of sp³-hybridized carbons (Fsp3) is 0.429. The minimum Gasteiger partial charge on any atom is -0.481 e. The maximum absolute atomic E-state index is 13.3. The zero-order valence-electron chi connectivity index (χ0n) is 11.4. The average molecular weight is 283 g/mol. The van der Waals surface area contributed by atoms with E-state index in [0.717, 1.165) is 0 Å². The Labute approximate surface area is 116 Å². The van der Waals surface area contributed by atoms with E-state index in [2.05, 4.69) is 5.32 Å². The first-order chi connectivity index (χ1) is 9.40. The van der Waals surface area contributed by atoms with Crippen LogP contribution in [0.5, 0.6) is 5.75 Å². The number of carbonyl (C=O) groups is 2. The van der Waals surface area contributed by atoms with Crippen LogP contribution in [0.1, 0.15) is 20.3 Å². The van der Waals surface area contributed by atoms with Gasteiger partial charge in [0.05, 0.1) is 0 Å². The van der Waals surface area contributed by atoms with Gasteiger partial charge < -0.3 is 15.2 Å². The number of nitrogens with one attached hydrogen (secondary N) is 1. The van der Waals surface area contributed by atoms with Crippen molar-refractivity contribution in [3.8, 4) is 5.75 Å². The number of carboxylic acid groups (broad SMARTS) is 1. The highest BCUT2D eigenvalue weighted by Gasteiger charge is 2.21. The van der Waals surface area contributed by atoms with E-state index in [4.69, 9.17) is 9.84 Å². The molecule has 0 radical (unpaired) electrons. The van der Waals surface area contributed by atoms with Gasteiger partial charge in [-0.15, -0.1) is 0 Å². The minimum absolute atomic E-state index is 0.0432. The number of carboxylic acids is 1.